The van der Waals surface area contributed by atoms with Gasteiger partial charge in [0.2, 0.25) is 0 Å². The van der Waals surface area contributed by atoms with Gasteiger partial charge < -0.3 is 9.47 Å². The highest BCUT2D eigenvalue weighted by Crippen LogP contribution is 2.43. The number of methoxy groups -OCH3 is 1. The van der Waals surface area contributed by atoms with E-state index in [4.69, 9.17) is 9.47 Å². The molecule has 3 aliphatic heterocycles. The van der Waals surface area contributed by atoms with Gasteiger partial charge in [-0.2, -0.15) is 0 Å². The lowest BCUT2D eigenvalue weighted by Crippen LogP contribution is -2.55. The summed E-state index contributed by atoms with van der Waals surface area (Å²) in [4.78, 5) is 20.2. The first-order chi connectivity index (χ1) is 15.7. The molecular weight excluding hydrogens is 400 g/mol. The molecule has 2 aromatic carbocycles. The van der Waals surface area contributed by atoms with Crippen molar-refractivity contribution in [1.82, 2.24) is 9.88 Å². The van der Waals surface area contributed by atoms with Crippen LogP contribution in [0.3, 0.4) is 0 Å². The van der Waals surface area contributed by atoms with Crippen LogP contribution in [0.25, 0.3) is 10.9 Å². The second kappa shape index (κ2) is 8.75. The number of piperidine rings is 3. The van der Waals surface area contributed by atoms with Crippen molar-refractivity contribution in [1.29, 1.82) is 0 Å². The summed E-state index contributed by atoms with van der Waals surface area (Å²) in [6.07, 6.45) is 5.64. The molecule has 32 heavy (non-hydrogen) atoms. The fourth-order valence-corrected chi connectivity index (χ4v) is 5.32. The number of hydrogen-bond acceptors (Lipinski definition) is 5. The molecule has 5 nitrogen and oxygen atoms in total. The molecule has 3 fully saturated rings. The van der Waals surface area contributed by atoms with E-state index >= 15 is 0 Å². The number of fused-ring (bicyclic) bond motifs is 4. The Kier molecular flexibility index (Phi) is 5.66. The average Bonchev–Trinajstić information content (AvgIpc) is 2.87. The molecule has 6 rings (SSSR count). The summed E-state index contributed by atoms with van der Waals surface area (Å²) in [5.41, 5.74) is 2.41. The van der Waals surface area contributed by atoms with Gasteiger partial charge in [-0.15, -0.1) is 6.58 Å². The molecule has 3 unspecified atom stereocenters. The SMILES string of the molecule is C=CC1CN2CCC1C[C@@H]2[C@H](OC(=O)c1ccccc1)c1ccnc2ccc(OC)cc12. The van der Waals surface area contributed by atoms with Crippen LogP contribution in [-0.2, 0) is 4.74 Å². The fourth-order valence-electron chi connectivity index (χ4n) is 5.32. The second-order valence-electron chi connectivity index (χ2n) is 8.72. The molecule has 2 bridgehead atoms. The minimum atomic E-state index is -0.395. The minimum absolute atomic E-state index is 0.120. The van der Waals surface area contributed by atoms with Gasteiger partial charge in [-0.25, -0.2) is 4.79 Å². The van der Waals surface area contributed by atoms with Crippen molar-refractivity contribution in [3.8, 4) is 5.75 Å². The number of benzene rings is 2. The number of esters is 1. The van der Waals surface area contributed by atoms with Crippen molar-refractivity contribution >= 4 is 16.9 Å². The van der Waals surface area contributed by atoms with E-state index in [0.29, 0.717) is 17.4 Å². The lowest BCUT2D eigenvalue weighted by atomic mass is 9.73. The van der Waals surface area contributed by atoms with Crippen molar-refractivity contribution in [2.75, 3.05) is 20.2 Å². The third kappa shape index (κ3) is 3.78. The molecule has 0 N–H and O–H groups in total. The van der Waals surface area contributed by atoms with Crippen molar-refractivity contribution in [3.63, 3.8) is 0 Å². The van der Waals surface area contributed by atoms with E-state index in [1.165, 1.54) is 0 Å². The largest absolute Gasteiger partial charge is 0.497 e. The molecule has 0 saturated carbocycles. The number of aromatic nitrogens is 1. The maximum absolute atomic E-state index is 13.2. The van der Waals surface area contributed by atoms with Crippen molar-refractivity contribution in [3.05, 3.63) is 84.6 Å². The minimum Gasteiger partial charge on any atom is -0.497 e. The smallest absolute Gasteiger partial charge is 0.338 e. The number of hydrogen-bond donors (Lipinski definition) is 0. The molecule has 5 atom stereocenters. The van der Waals surface area contributed by atoms with E-state index in [2.05, 4.69) is 22.5 Å². The van der Waals surface area contributed by atoms with Gasteiger partial charge in [0.05, 0.1) is 24.2 Å². The Labute approximate surface area is 188 Å². The second-order valence-corrected chi connectivity index (χ2v) is 8.72. The highest BCUT2D eigenvalue weighted by atomic mass is 16.5. The van der Waals surface area contributed by atoms with Gasteiger partial charge in [-0.3, -0.25) is 9.88 Å². The number of rotatable bonds is 6. The van der Waals surface area contributed by atoms with Crippen LogP contribution in [0.5, 0.6) is 5.75 Å². The summed E-state index contributed by atoms with van der Waals surface area (Å²) in [7, 11) is 1.66. The first-order valence-electron chi connectivity index (χ1n) is 11.2. The highest BCUT2D eigenvalue weighted by molar-refractivity contribution is 5.90. The number of carbonyl (C=O) groups is 1. The van der Waals surface area contributed by atoms with Crippen molar-refractivity contribution < 1.29 is 14.3 Å². The Hall–Kier alpha value is -3.18. The number of pyridine rings is 1. The normalized spacial score (nSPS) is 25.3. The zero-order valence-corrected chi connectivity index (χ0v) is 18.3. The van der Waals surface area contributed by atoms with Crippen LogP contribution >= 0.6 is 0 Å². The predicted molar refractivity (Wildman–Crippen MR) is 125 cm³/mol. The number of carbonyl (C=O) groups excluding carboxylic acids is 1. The van der Waals surface area contributed by atoms with Gasteiger partial charge in [0, 0.05) is 23.7 Å². The molecule has 3 saturated heterocycles. The summed E-state index contributed by atoms with van der Waals surface area (Å²) in [6, 6.07) is 17.2. The lowest BCUT2D eigenvalue weighted by Gasteiger charge is -2.51. The third-order valence-electron chi connectivity index (χ3n) is 7.04. The standard InChI is InChI=1S/C27H28N2O3/c1-3-18-17-29-14-12-20(18)15-25(29)26(32-27(30)19-7-5-4-6-8-19)22-11-13-28-24-10-9-21(31-2)16-23(22)24/h3-11,13,16,18,20,25-26H,1,12,14-15,17H2,2H3/t18?,20?,25-,26-/m1/s1. The molecule has 4 heterocycles. The highest BCUT2D eigenvalue weighted by Gasteiger charge is 2.44. The van der Waals surface area contributed by atoms with Crippen LogP contribution in [0, 0.1) is 11.8 Å². The van der Waals surface area contributed by atoms with E-state index in [1.54, 1.807) is 25.4 Å². The first-order valence-corrected chi connectivity index (χ1v) is 11.2. The maximum atomic E-state index is 13.2. The monoisotopic (exact) mass is 428 g/mol. The van der Waals surface area contributed by atoms with Crippen LogP contribution < -0.4 is 4.74 Å². The molecule has 3 aliphatic rings. The Bertz CT molecular complexity index is 1130. The Morgan fingerprint density at radius 1 is 1.22 bits per heavy atom. The molecule has 1 aromatic heterocycles. The third-order valence-corrected chi connectivity index (χ3v) is 7.04. The molecule has 0 spiro atoms. The molecule has 0 aliphatic carbocycles. The van der Waals surface area contributed by atoms with Crippen LogP contribution in [0.2, 0.25) is 0 Å². The van der Waals surface area contributed by atoms with Crippen LogP contribution in [0.15, 0.2) is 73.4 Å². The Balaban J connectivity index is 1.57. The Morgan fingerprint density at radius 2 is 2.06 bits per heavy atom. The summed E-state index contributed by atoms with van der Waals surface area (Å²) >= 11 is 0. The van der Waals surface area contributed by atoms with Crippen molar-refractivity contribution in [2.45, 2.75) is 25.0 Å². The number of nitrogens with zero attached hydrogens (tertiary/aromatic N) is 2. The van der Waals surface area contributed by atoms with E-state index in [9.17, 15) is 4.79 Å². The van der Waals surface area contributed by atoms with Gasteiger partial charge in [0.25, 0.3) is 0 Å². The summed E-state index contributed by atoms with van der Waals surface area (Å²) < 4.78 is 11.8. The van der Waals surface area contributed by atoms with E-state index in [-0.39, 0.29) is 12.0 Å². The van der Waals surface area contributed by atoms with Crippen LogP contribution in [-0.4, -0.2) is 42.1 Å². The molecule has 3 aromatic rings. The van der Waals surface area contributed by atoms with Gasteiger partial charge >= 0.3 is 5.97 Å². The van der Waals surface area contributed by atoms with Gasteiger partial charge in [0.1, 0.15) is 11.9 Å². The molecule has 0 amide bonds. The molecule has 5 heteroatoms. The van der Waals surface area contributed by atoms with Gasteiger partial charge in [-0.1, -0.05) is 24.3 Å². The van der Waals surface area contributed by atoms with Gasteiger partial charge in [-0.05, 0) is 67.6 Å². The Morgan fingerprint density at radius 3 is 2.78 bits per heavy atom. The van der Waals surface area contributed by atoms with Gasteiger partial charge in [0.15, 0.2) is 0 Å². The summed E-state index contributed by atoms with van der Waals surface area (Å²) in [6.45, 7) is 6.03. The molecule has 164 valence electrons. The molecular formula is C27H28N2O3. The average molecular weight is 429 g/mol. The maximum Gasteiger partial charge on any atom is 0.338 e. The quantitative estimate of drug-likeness (QED) is 0.407. The predicted octanol–water partition coefficient (Wildman–Crippen LogP) is 5.04. The van der Waals surface area contributed by atoms with Crippen molar-refractivity contribution in [2.24, 2.45) is 11.8 Å². The van der Waals surface area contributed by atoms with E-state index in [0.717, 1.165) is 48.1 Å². The topological polar surface area (TPSA) is 51.7 Å². The number of ether oxygens (including phenoxy) is 2. The van der Waals surface area contributed by atoms with E-state index < -0.39 is 6.10 Å². The van der Waals surface area contributed by atoms with E-state index in [1.807, 2.05) is 42.5 Å². The fraction of sp³-hybridized carbons (Fsp3) is 0.333. The van der Waals surface area contributed by atoms with Crippen LogP contribution in [0.1, 0.15) is 34.9 Å². The zero-order chi connectivity index (χ0) is 22.1. The lowest BCUT2D eigenvalue weighted by molar-refractivity contribution is -0.0568. The van der Waals surface area contributed by atoms with Crippen LogP contribution in [0.4, 0.5) is 0 Å². The summed E-state index contributed by atoms with van der Waals surface area (Å²) in [5.74, 6) is 1.53. The summed E-state index contributed by atoms with van der Waals surface area (Å²) in [5, 5.41) is 0.959. The zero-order valence-electron chi connectivity index (χ0n) is 18.3. The first kappa shape index (κ1) is 20.7. The molecule has 0 radical (unpaired) electrons.